The third-order valence-electron chi connectivity index (χ3n) is 3.25. The lowest BCUT2D eigenvalue weighted by atomic mass is 10.1. The van der Waals surface area contributed by atoms with E-state index in [1.807, 2.05) is 19.1 Å². The number of carbonyl (C=O) groups excluding carboxylic acids is 2. The van der Waals surface area contributed by atoms with Gasteiger partial charge in [-0.3, -0.25) is 9.59 Å². The molecule has 0 aliphatic rings. The summed E-state index contributed by atoms with van der Waals surface area (Å²) in [6.07, 6.45) is 0. The molecule has 0 spiro atoms. The lowest BCUT2D eigenvalue weighted by molar-refractivity contribution is 0.0828. The molecular formula is C17H17IN2O2. The highest BCUT2D eigenvalue weighted by Crippen LogP contribution is 2.19. The maximum Gasteiger partial charge on any atom is 0.255 e. The van der Waals surface area contributed by atoms with Crippen molar-refractivity contribution in [3.8, 4) is 0 Å². The van der Waals surface area contributed by atoms with Gasteiger partial charge in [-0.2, -0.15) is 0 Å². The smallest absolute Gasteiger partial charge is 0.255 e. The number of aryl methyl sites for hydroxylation is 1. The fourth-order valence-electron chi connectivity index (χ4n) is 1.95. The zero-order chi connectivity index (χ0) is 16.3. The van der Waals surface area contributed by atoms with Crippen LogP contribution in [0.3, 0.4) is 0 Å². The van der Waals surface area contributed by atoms with Crippen molar-refractivity contribution in [3.05, 3.63) is 62.7 Å². The number of rotatable bonds is 3. The van der Waals surface area contributed by atoms with Crippen LogP contribution < -0.4 is 5.32 Å². The van der Waals surface area contributed by atoms with Crippen LogP contribution >= 0.6 is 22.6 Å². The number of nitrogens with one attached hydrogen (secondary N) is 1. The lowest BCUT2D eigenvalue weighted by Gasteiger charge is -2.15. The first-order valence-electron chi connectivity index (χ1n) is 6.78. The highest BCUT2D eigenvalue weighted by atomic mass is 127. The number of hydrogen-bond donors (Lipinski definition) is 1. The Hall–Kier alpha value is -1.89. The molecule has 4 nitrogen and oxygen atoms in total. The standard InChI is InChI=1S/C17H17IN2O2/c1-11-8-9-12(10-14(11)18)16(21)19-15-7-5-4-6-13(15)17(22)20(2)3/h4-10H,1-3H3,(H,19,21). The number of benzene rings is 2. The molecule has 114 valence electrons. The van der Waals surface area contributed by atoms with E-state index in [0.29, 0.717) is 16.8 Å². The van der Waals surface area contributed by atoms with Gasteiger partial charge in [0.15, 0.2) is 0 Å². The Bertz CT molecular complexity index is 726. The molecule has 2 aromatic carbocycles. The van der Waals surface area contributed by atoms with Crippen LogP contribution in [-0.4, -0.2) is 30.8 Å². The molecule has 0 heterocycles. The van der Waals surface area contributed by atoms with E-state index in [1.54, 1.807) is 44.4 Å². The molecule has 2 amide bonds. The Morgan fingerprint density at radius 3 is 2.41 bits per heavy atom. The van der Waals surface area contributed by atoms with Crippen LogP contribution in [0, 0.1) is 10.5 Å². The van der Waals surface area contributed by atoms with Crippen LogP contribution in [0.5, 0.6) is 0 Å². The third-order valence-corrected chi connectivity index (χ3v) is 4.41. The van der Waals surface area contributed by atoms with E-state index >= 15 is 0 Å². The van der Waals surface area contributed by atoms with Crippen LogP contribution in [-0.2, 0) is 0 Å². The van der Waals surface area contributed by atoms with E-state index in [9.17, 15) is 9.59 Å². The lowest BCUT2D eigenvalue weighted by Crippen LogP contribution is -2.24. The Kier molecular flexibility index (Phi) is 5.18. The summed E-state index contributed by atoms with van der Waals surface area (Å²) in [5, 5.41) is 2.82. The van der Waals surface area contributed by atoms with E-state index in [1.165, 1.54) is 4.90 Å². The van der Waals surface area contributed by atoms with Crippen molar-refractivity contribution in [3.63, 3.8) is 0 Å². The molecule has 0 atom stereocenters. The third kappa shape index (κ3) is 3.65. The highest BCUT2D eigenvalue weighted by Gasteiger charge is 2.15. The number of anilines is 1. The normalized spacial score (nSPS) is 10.2. The van der Waals surface area contributed by atoms with Gasteiger partial charge in [-0.25, -0.2) is 0 Å². The summed E-state index contributed by atoms with van der Waals surface area (Å²) in [4.78, 5) is 26.0. The molecule has 5 heteroatoms. The van der Waals surface area contributed by atoms with Gasteiger partial charge in [-0.15, -0.1) is 0 Å². The quantitative estimate of drug-likeness (QED) is 0.790. The Balaban J connectivity index is 2.29. The Morgan fingerprint density at radius 2 is 1.77 bits per heavy atom. The number of halogens is 1. The van der Waals surface area contributed by atoms with Crippen LogP contribution in [0.1, 0.15) is 26.3 Å². The fraction of sp³-hybridized carbons (Fsp3) is 0.176. The van der Waals surface area contributed by atoms with Gasteiger partial charge in [0.1, 0.15) is 0 Å². The van der Waals surface area contributed by atoms with Crippen molar-refractivity contribution < 1.29 is 9.59 Å². The van der Waals surface area contributed by atoms with Gasteiger partial charge in [0.05, 0.1) is 11.3 Å². The van der Waals surface area contributed by atoms with Gasteiger partial charge in [0.2, 0.25) is 0 Å². The predicted octanol–water partition coefficient (Wildman–Crippen LogP) is 3.55. The Labute approximate surface area is 143 Å². The zero-order valence-electron chi connectivity index (χ0n) is 12.7. The van der Waals surface area contributed by atoms with Gasteiger partial charge in [0, 0.05) is 23.2 Å². The minimum atomic E-state index is -0.225. The average molecular weight is 408 g/mol. The van der Waals surface area contributed by atoms with Crippen molar-refractivity contribution in [2.75, 3.05) is 19.4 Å². The topological polar surface area (TPSA) is 49.4 Å². The molecule has 0 radical (unpaired) electrons. The molecule has 0 aliphatic heterocycles. The summed E-state index contributed by atoms with van der Waals surface area (Å²) in [6.45, 7) is 1.99. The first-order chi connectivity index (χ1) is 10.4. The summed E-state index contributed by atoms with van der Waals surface area (Å²) in [6, 6.07) is 12.5. The molecule has 0 aliphatic carbocycles. The minimum Gasteiger partial charge on any atom is -0.345 e. The van der Waals surface area contributed by atoms with E-state index in [0.717, 1.165) is 9.13 Å². The fourth-order valence-corrected chi connectivity index (χ4v) is 2.46. The molecule has 0 saturated carbocycles. The monoisotopic (exact) mass is 408 g/mol. The summed E-state index contributed by atoms with van der Waals surface area (Å²) < 4.78 is 1.03. The van der Waals surface area contributed by atoms with Gasteiger partial charge < -0.3 is 10.2 Å². The van der Waals surface area contributed by atoms with E-state index in [2.05, 4.69) is 27.9 Å². The number of nitrogens with zero attached hydrogens (tertiary/aromatic N) is 1. The van der Waals surface area contributed by atoms with Crippen molar-refractivity contribution >= 4 is 40.1 Å². The average Bonchev–Trinajstić information content (AvgIpc) is 2.49. The van der Waals surface area contributed by atoms with Crippen molar-refractivity contribution in [1.82, 2.24) is 4.90 Å². The second-order valence-corrected chi connectivity index (χ2v) is 6.33. The van der Waals surface area contributed by atoms with Crippen LogP contribution in [0.2, 0.25) is 0 Å². The van der Waals surface area contributed by atoms with Gasteiger partial charge >= 0.3 is 0 Å². The van der Waals surface area contributed by atoms with Gasteiger partial charge in [0.25, 0.3) is 11.8 Å². The van der Waals surface area contributed by atoms with Crippen LogP contribution in [0.25, 0.3) is 0 Å². The van der Waals surface area contributed by atoms with Crippen LogP contribution in [0.4, 0.5) is 5.69 Å². The van der Waals surface area contributed by atoms with E-state index < -0.39 is 0 Å². The molecule has 0 saturated heterocycles. The van der Waals surface area contributed by atoms with Gasteiger partial charge in [-0.1, -0.05) is 18.2 Å². The molecule has 0 bridgehead atoms. The summed E-state index contributed by atoms with van der Waals surface area (Å²) >= 11 is 2.20. The maximum atomic E-state index is 12.4. The second kappa shape index (κ2) is 6.91. The molecule has 22 heavy (non-hydrogen) atoms. The molecular weight excluding hydrogens is 391 g/mol. The molecule has 2 rings (SSSR count). The first-order valence-corrected chi connectivity index (χ1v) is 7.86. The maximum absolute atomic E-state index is 12.4. The SMILES string of the molecule is Cc1ccc(C(=O)Nc2ccccc2C(=O)N(C)C)cc1I. The number of amides is 2. The van der Waals surface area contributed by atoms with Gasteiger partial charge in [-0.05, 0) is 59.3 Å². The first kappa shape index (κ1) is 16.5. The predicted molar refractivity (Wildman–Crippen MR) is 96.3 cm³/mol. The number of para-hydroxylation sites is 1. The highest BCUT2D eigenvalue weighted by molar-refractivity contribution is 14.1. The molecule has 0 fully saturated rings. The zero-order valence-corrected chi connectivity index (χ0v) is 14.8. The van der Waals surface area contributed by atoms with E-state index in [4.69, 9.17) is 0 Å². The van der Waals surface area contributed by atoms with Crippen LogP contribution in [0.15, 0.2) is 42.5 Å². The molecule has 0 unspecified atom stereocenters. The summed E-state index contributed by atoms with van der Waals surface area (Å²) in [7, 11) is 3.37. The molecule has 2 aromatic rings. The largest absolute Gasteiger partial charge is 0.345 e. The van der Waals surface area contributed by atoms with Crippen molar-refractivity contribution in [1.29, 1.82) is 0 Å². The van der Waals surface area contributed by atoms with Crippen molar-refractivity contribution in [2.24, 2.45) is 0 Å². The Morgan fingerprint density at radius 1 is 1.09 bits per heavy atom. The van der Waals surface area contributed by atoms with E-state index in [-0.39, 0.29) is 11.8 Å². The van der Waals surface area contributed by atoms with Crippen molar-refractivity contribution in [2.45, 2.75) is 6.92 Å². The number of carbonyl (C=O) groups is 2. The summed E-state index contributed by atoms with van der Waals surface area (Å²) in [5.74, 6) is -0.369. The second-order valence-electron chi connectivity index (χ2n) is 5.16. The minimum absolute atomic E-state index is 0.144. The molecule has 0 aromatic heterocycles. The molecule has 1 N–H and O–H groups in total. The summed E-state index contributed by atoms with van der Waals surface area (Å²) in [5.41, 5.74) is 2.69. The number of hydrogen-bond acceptors (Lipinski definition) is 2.